The van der Waals surface area contributed by atoms with Gasteiger partial charge in [-0.3, -0.25) is 4.79 Å². The SMILES string of the molecule is Cn1nnnc1SCC(=O)Nc1nc(-c2ccc(Br)cc2)cs1. The Morgan fingerprint density at radius 2 is 2.17 bits per heavy atom. The Morgan fingerprint density at radius 1 is 1.39 bits per heavy atom. The first-order valence-electron chi connectivity index (χ1n) is 6.48. The monoisotopic (exact) mass is 410 g/mol. The molecular weight excluding hydrogens is 400 g/mol. The highest BCUT2D eigenvalue weighted by Crippen LogP contribution is 2.26. The summed E-state index contributed by atoms with van der Waals surface area (Å²) in [6, 6.07) is 7.86. The molecule has 1 N–H and O–H groups in total. The summed E-state index contributed by atoms with van der Waals surface area (Å²) in [7, 11) is 1.73. The quantitative estimate of drug-likeness (QED) is 0.650. The summed E-state index contributed by atoms with van der Waals surface area (Å²) in [5, 5.41) is 16.9. The van der Waals surface area contributed by atoms with E-state index >= 15 is 0 Å². The number of thiazole rings is 1. The standard InChI is InChI=1S/C13H11BrN6OS2/c1-20-13(17-18-19-20)23-7-11(21)16-12-15-10(6-22-12)8-2-4-9(14)5-3-8/h2-6H,7H2,1H3,(H,15,16,21). The van der Waals surface area contributed by atoms with E-state index in [2.05, 4.69) is 41.8 Å². The van der Waals surface area contributed by atoms with Crippen LogP contribution in [0.25, 0.3) is 11.3 Å². The number of tetrazole rings is 1. The third-order valence-electron chi connectivity index (χ3n) is 2.80. The number of hydrogen-bond donors (Lipinski definition) is 1. The minimum atomic E-state index is -0.144. The topological polar surface area (TPSA) is 85.6 Å². The number of carbonyl (C=O) groups excluding carboxylic acids is 1. The number of aryl methyl sites for hydroxylation is 1. The number of rotatable bonds is 5. The molecule has 0 saturated heterocycles. The summed E-state index contributed by atoms with van der Waals surface area (Å²) < 4.78 is 2.53. The molecule has 0 bridgehead atoms. The van der Waals surface area contributed by atoms with Crippen LogP contribution in [-0.2, 0) is 11.8 Å². The first-order chi connectivity index (χ1) is 11.1. The Balaban J connectivity index is 1.59. The van der Waals surface area contributed by atoms with E-state index in [1.54, 1.807) is 7.05 Å². The molecule has 0 atom stereocenters. The molecule has 2 aromatic heterocycles. The lowest BCUT2D eigenvalue weighted by molar-refractivity contribution is -0.113. The van der Waals surface area contributed by atoms with Gasteiger partial charge in [-0.2, -0.15) is 0 Å². The fourth-order valence-corrected chi connectivity index (χ4v) is 3.36. The molecule has 0 aliphatic heterocycles. The molecule has 23 heavy (non-hydrogen) atoms. The Morgan fingerprint density at radius 3 is 2.87 bits per heavy atom. The third kappa shape index (κ3) is 4.15. The summed E-state index contributed by atoms with van der Waals surface area (Å²) in [6.45, 7) is 0. The van der Waals surface area contributed by atoms with Crippen LogP contribution in [0.4, 0.5) is 5.13 Å². The summed E-state index contributed by atoms with van der Waals surface area (Å²) in [5.74, 6) is 0.0798. The molecule has 0 radical (unpaired) electrons. The summed E-state index contributed by atoms with van der Waals surface area (Å²) in [6.07, 6.45) is 0. The molecule has 0 spiro atoms. The minimum Gasteiger partial charge on any atom is -0.301 e. The number of hydrogen-bond acceptors (Lipinski definition) is 7. The first kappa shape index (κ1) is 16.1. The van der Waals surface area contributed by atoms with E-state index in [-0.39, 0.29) is 11.7 Å². The van der Waals surface area contributed by atoms with Gasteiger partial charge in [-0.05, 0) is 22.6 Å². The highest BCUT2D eigenvalue weighted by molar-refractivity contribution is 9.10. The number of halogens is 1. The van der Waals surface area contributed by atoms with E-state index in [9.17, 15) is 4.79 Å². The van der Waals surface area contributed by atoms with Crippen LogP contribution in [0.3, 0.4) is 0 Å². The second-order valence-corrected chi connectivity index (χ2v) is 7.18. The number of nitrogens with one attached hydrogen (secondary N) is 1. The summed E-state index contributed by atoms with van der Waals surface area (Å²) in [5.41, 5.74) is 1.84. The number of aromatic nitrogens is 5. The summed E-state index contributed by atoms with van der Waals surface area (Å²) in [4.78, 5) is 16.4. The molecule has 0 aliphatic carbocycles. The lowest BCUT2D eigenvalue weighted by Gasteiger charge is -2.01. The van der Waals surface area contributed by atoms with E-state index in [0.717, 1.165) is 15.7 Å². The maximum absolute atomic E-state index is 12.0. The Labute approximate surface area is 148 Å². The number of anilines is 1. The van der Waals surface area contributed by atoms with Crippen LogP contribution in [-0.4, -0.2) is 36.9 Å². The number of benzene rings is 1. The maximum atomic E-state index is 12.0. The van der Waals surface area contributed by atoms with Crippen molar-refractivity contribution in [3.05, 3.63) is 34.1 Å². The molecule has 0 unspecified atom stereocenters. The van der Waals surface area contributed by atoms with Gasteiger partial charge in [-0.1, -0.05) is 39.8 Å². The lowest BCUT2D eigenvalue weighted by atomic mass is 10.2. The van der Waals surface area contributed by atoms with Gasteiger partial charge >= 0.3 is 0 Å². The zero-order chi connectivity index (χ0) is 16.2. The largest absolute Gasteiger partial charge is 0.301 e. The zero-order valence-electron chi connectivity index (χ0n) is 11.9. The van der Waals surface area contributed by atoms with Crippen molar-refractivity contribution < 1.29 is 4.79 Å². The van der Waals surface area contributed by atoms with Crippen LogP contribution >= 0.6 is 39.0 Å². The average molecular weight is 411 g/mol. The molecule has 7 nitrogen and oxygen atoms in total. The maximum Gasteiger partial charge on any atom is 0.236 e. The van der Waals surface area contributed by atoms with Crippen molar-refractivity contribution in [3.63, 3.8) is 0 Å². The predicted molar refractivity (Wildman–Crippen MR) is 93.4 cm³/mol. The number of thioether (sulfide) groups is 1. The van der Waals surface area contributed by atoms with E-state index < -0.39 is 0 Å². The highest BCUT2D eigenvalue weighted by Gasteiger charge is 2.10. The van der Waals surface area contributed by atoms with Crippen LogP contribution in [0.15, 0.2) is 39.3 Å². The second kappa shape index (κ2) is 7.20. The van der Waals surface area contributed by atoms with Gasteiger partial charge in [-0.15, -0.1) is 16.4 Å². The zero-order valence-corrected chi connectivity index (χ0v) is 15.2. The third-order valence-corrected chi connectivity index (χ3v) is 5.10. The molecule has 3 aromatic rings. The van der Waals surface area contributed by atoms with E-state index in [1.165, 1.54) is 27.8 Å². The van der Waals surface area contributed by atoms with Crippen LogP contribution in [0, 0.1) is 0 Å². The Bertz CT molecular complexity index is 816. The van der Waals surface area contributed by atoms with E-state index in [0.29, 0.717) is 10.3 Å². The lowest BCUT2D eigenvalue weighted by Crippen LogP contribution is -2.14. The molecule has 3 rings (SSSR count). The van der Waals surface area contributed by atoms with Gasteiger partial charge in [0.1, 0.15) is 0 Å². The van der Waals surface area contributed by atoms with Gasteiger partial charge < -0.3 is 5.32 Å². The van der Waals surface area contributed by atoms with Gasteiger partial charge in [-0.25, -0.2) is 9.67 Å². The molecule has 0 fully saturated rings. The fourth-order valence-electron chi connectivity index (χ4n) is 1.71. The second-order valence-electron chi connectivity index (χ2n) is 4.47. The number of carbonyl (C=O) groups is 1. The molecule has 10 heteroatoms. The van der Waals surface area contributed by atoms with Crippen molar-refractivity contribution in [1.82, 2.24) is 25.2 Å². The van der Waals surface area contributed by atoms with E-state index in [1.807, 2.05) is 29.6 Å². The van der Waals surface area contributed by atoms with E-state index in [4.69, 9.17) is 0 Å². The van der Waals surface area contributed by atoms with Crippen molar-refractivity contribution in [3.8, 4) is 11.3 Å². The molecule has 0 saturated carbocycles. The van der Waals surface area contributed by atoms with Crippen molar-refractivity contribution in [1.29, 1.82) is 0 Å². The minimum absolute atomic E-state index is 0.144. The van der Waals surface area contributed by atoms with Crippen LogP contribution < -0.4 is 5.32 Å². The highest BCUT2D eigenvalue weighted by atomic mass is 79.9. The van der Waals surface area contributed by atoms with Gasteiger partial charge in [0.25, 0.3) is 0 Å². The van der Waals surface area contributed by atoms with Crippen LogP contribution in [0.2, 0.25) is 0 Å². The molecule has 2 heterocycles. The van der Waals surface area contributed by atoms with Gasteiger partial charge in [0.05, 0.1) is 11.4 Å². The molecule has 118 valence electrons. The first-order valence-corrected chi connectivity index (χ1v) is 9.14. The van der Waals surface area contributed by atoms with Crippen molar-refractivity contribution in [2.45, 2.75) is 5.16 Å². The van der Waals surface area contributed by atoms with Crippen molar-refractivity contribution in [2.75, 3.05) is 11.1 Å². The van der Waals surface area contributed by atoms with Crippen LogP contribution in [0.1, 0.15) is 0 Å². The van der Waals surface area contributed by atoms with Crippen molar-refractivity contribution in [2.24, 2.45) is 7.05 Å². The average Bonchev–Trinajstić information content (AvgIpc) is 3.15. The fraction of sp³-hybridized carbons (Fsp3) is 0.154. The Hall–Kier alpha value is -1.78. The number of amides is 1. The Kier molecular flexibility index (Phi) is 5.03. The van der Waals surface area contributed by atoms with Gasteiger partial charge in [0.2, 0.25) is 11.1 Å². The predicted octanol–water partition coefficient (Wildman–Crippen LogP) is 2.83. The van der Waals surface area contributed by atoms with Crippen molar-refractivity contribution >= 4 is 50.1 Å². The number of nitrogens with zero attached hydrogens (tertiary/aromatic N) is 5. The van der Waals surface area contributed by atoms with Gasteiger partial charge in [0.15, 0.2) is 5.13 Å². The molecule has 1 amide bonds. The van der Waals surface area contributed by atoms with Gasteiger partial charge in [0, 0.05) is 22.5 Å². The molecule has 1 aromatic carbocycles. The smallest absolute Gasteiger partial charge is 0.236 e. The van der Waals surface area contributed by atoms with Crippen LogP contribution in [0.5, 0.6) is 0 Å². The molecule has 0 aliphatic rings. The normalized spacial score (nSPS) is 10.7. The molecular formula is C13H11BrN6OS2. The summed E-state index contributed by atoms with van der Waals surface area (Å²) >= 11 is 6.07.